The molecule has 19 heavy (non-hydrogen) atoms. The molecule has 1 aliphatic rings. The Morgan fingerprint density at radius 1 is 0.737 bits per heavy atom. The molecule has 4 nitrogen and oxygen atoms in total. The zero-order valence-electron chi connectivity index (χ0n) is 10.1. The first-order valence-corrected chi connectivity index (χ1v) is 5.98. The van der Waals surface area contributed by atoms with Gasteiger partial charge in [-0.1, -0.05) is 60.7 Å². The fourth-order valence-electron chi connectivity index (χ4n) is 2.40. The van der Waals surface area contributed by atoms with E-state index in [1.165, 1.54) is 0 Å². The number of urea groups is 1. The third-order valence-corrected chi connectivity index (χ3v) is 3.28. The smallest absolute Gasteiger partial charge is 0.316 e. The van der Waals surface area contributed by atoms with Gasteiger partial charge in [0.25, 0.3) is 5.91 Å². The van der Waals surface area contributed by atoms with Crippen LogP contribution < -0.4 is 10.6 Å². The van der Waals surface area contributed by atoms with E-state index >= 15 is 0 Å². The molecule has 4 heteroatoms. The number of rotatable bonds is 2. The molecule has 1 heterocycles. The van der Waals surface area contributed by atoms with E-state index in [9.17, 15) is 9.59 Å². The molecule has 94 valence electrons. The predicted octanol–water partition coefficient (Wildman–Crippen LogP) is 1.77. The molecule has 0 radical (unpaired) electrons. The van der Waals surface area contributed by atoms with Crippen molar-refractivity contribution in [2.24, 2.45) is 0 Å². The topological polar surface area (TPSA) is 58.2 Å². The maximum absolute atomic E-state index is 12.3. The first-order chi connectivity index (χ1) is 9.23. The second-order valence-electron chi connectivity index (χ2n) is 4.39. The fourth-order valence-corrected chi connectivity index (χ4v) is 2.40. The van der Waals surface area contributed by atoms with Crippen LogP contribution in [0.15, 0.2) is 60.7 Å². The van der Waals surface area contributed by atoms with E-state index in [2.05, 4.69) is 10.6 Å². The minimum atomic E-state index is -1.14. The highest BCUT2D eigenvalue weighted by Crippen LogP contribution is 2.32. The van der Waals surface area contributed by atoms with Gasteiger partial charge >= 0.3 is 6.03 Å². The second-order valence-corrected chi connectivity index (χ2v) is 4.39. The molecule has 1 fully saturated rings. The third kappa shape index (κ3) is 1.69. The Labute approximate surface area is 110 Å². The minimum Gasteiger partial charge on any atom is -0.316 e. The number of carbonyl (C=O) groups is 2. The van der Waals surface area contributed by atoms with Crippen molar-refractivity contribution in [3.05, 3.63) is 71.8 Å². The molecular weight excluding hydrogens is 243 g/mol. The summed E-state index contributed by atoms with van der Waals surface area (Å²) in [6.07, 6.45) is 0. The van der Waals surface area contributed by atoms with Crippen molar-refractivity contribution in [3.63, 3.8) is 0 Å². The van der Waals surface area contributed by atoms with Crippen LogP contribution in [0.3, 0.4) is 0 Å². The molecule has 0 aromatic heterocycles. The van der Waals surface area contributed by atoms with Gasteiger partial charge in [0.15, 0.2) is 5.54 Å². The summed E-state index contributed by atoms with van der Waals surface area (Å²) < 4.78 is 0. The first-order valence-electron chi connectivity index (χ1n) is 5.98. The van der Waals surface area contributed by atoms with Crippen LogP contribution in [0, 0.1) is 0 Å². The van der Waals surface area contributed by atoms with Gasteiger partial charge in [0, 0.05) is 0 Å². The summed E-state index contributed by atoms with van der Waals surface area (Å²) in [4.78, 5) is 23.9. The first kappa shape index (κ1) is 11.5. The molecule has 0 aliphatic carbocycles. The van der Waals surface area contributed by atoms with Crippen LogP contribution in [0.2, 0.25) is 0 Å². The summed E-state index contributed by atoms with van der Waals surface area (Å²) in [6.45, 7) is 0. The van der Waals surface area contributed by atoms with E-state index in [0.717, 1.165) is 11.1 Å². The maximum Gasteiger partial charge on any atom is 0.322 e. The predicted molar refractivity (Wildman–Crippen MR) is 70.3 cm³/mol. The van der Waals surface area contributed by atoms with E-state index in [1.807, 2.05) is 60.7 Å². The van der Waals surface area contributed by atoms with Gasteiger partial charge in [-0.3, -0.25) is 10.1 Å². The average Bonchev–Trinajstić information content (AvgIpc) is 2.76. The highest BCUT2D eigenvalue weighted by molar-refractivity contribution is 6.09. The van der Waals surface area contributed by atoms with Gasteiger partial charge in [0.1, 0.15) is 0 Å². The summed E-state index contributed by atoms with van der Waals surface area (Å²) in [5, 5.41) is 5.07. The largest absolute Gasteiger partial charge is 0.322 e. The number of benzene rings is 2. The number of amides is 3. The third-order valence-electron chi connectivity index (χ3n) is 3.28. The van der Waals surface area contributed by atoms with Crippen LogP contribution in [0.5, 0.6) is 0 Å². The maximum atomic E-state index is 12.3. The highest BCUT2D eigenvalue weighted by Gasteiger charge is 2.48. The van der Waals surface area contributed by atoms with Gasteiger partial charge in [-0.25, -0.2) is 4.79 Å². The van der Waals surface area contributed by atoms with Crippen molar-refractivity contribution in [3.8, 4) is 0 Å². The second kappa shape index (κ2) is 4.24. The summed E-state index contributed by atoms with van der Waals surface area (Å²) >= 11 is 0. The van der Waals surface area contributed by atoms with Gasteiger partial charge in [0.05, 0.1) is 0 Å². The van der Waals surface area contributed by atoms with E-state index < -0.39 is 11.6 Å². The lowest BCUT2D eigenvalue weighted by Gasteiger charge is -2.27. The summed E-state index contributed by atoms with van der Waals surface area (Å²) in [7, 11) is 0. The van der Waals surface area contributed by atoms with Gasteiger partial charge in [-0.15, -0.1) is 0 Å². The standard InChI is InChI=1S/C15H12N2O2/c18-13-15(17-14(19)16-13,11-7-3-1-4-8-11)12-9-5-2-6-10-12/h1-10H,(H2,16,17,18,19)/i14+1,16+1,17+1. The molecular formula is C15H12N2O2. The molecule has 2 aromatic carbocycles. The SMILES string of the molecule is O=C1[15NH][13C](=O)[15NH]C1(c1ccccc1)c1ccccc1. The molecule has 2 N–H and O–H groups in total. The quantitative estimate of drug-likeness (QED) is 0.488. The monoisotopic (exact) mass is 255 g/mol. The van der Waals surface area contributed by atoms with Gasteiger partial charge < -0.3 is 5.32 Å². The van der Waals surface area contributed by atoms with Crippen molar-refractivity contribution in [2.75, 3.05) is 0 Å². The van der Waals surface area contributed by atoms with Gasteiger partial charge in [0.2, 0.25) is 0 Å². The Kier molecular flexibility index (Phi) is 2.56. The molecule has 0 saturated carbocycles. The Bertz CT molecular complexity index is 584. The minimum absolute atomic E-state index is 0.352. The Balaban J connectivity index is 2.23. The van der Waals surface area contributed by atoms with Crippen molar-refractivity contribution in [1.29, 1.82) is 0 Å². The zero-order chi connectivity index (χ0) is 13.3. The highest BCUT2D eigenvalue weighted by atomic mass is 16.4. The molecule has 0 atom stereocenters. The number of carbonyl (C=O) groups excluding carboxylic acids is 2. The molecule has 2 aromatic rings. The van der Waals surface area contributed by atoms with E-state index in [4.69, 9.17) is 0 Å². The molecule has 0 spiro atoms. The van der Waals surface area contributed by atoms with Crippen LogP contribution in [-0.4, -0.2) is 11.9 Å². The lowest BCUT2D eigenvalue weighted by atomic mass is 9.85. The molecule has 1 aliphatic heterocycles. The molecule has 1 saturated heterocycles. The fraction of sp³-hybridized carbons (Fsp3) is 0.0667. The normalized spacial score (nSPS) is 16.8. The Hall–Kier alpha value is -2.62. The van der Waals surface area contributed by atoms with Crippen molar-refractivity contribution < 1.29 is 9.59 Å². The zero-order valence-corrected chi connectivity index (χ0v) is 10.1. The summed E-state index contributed by atoms with van der Waals surface area (Å²) in [5.74, 6) is -0.352. The van der Waals surface area contributed by atoms with E-state index in [-0.39, 0.29) is 5.91 Å². The Morgan fingerprint density at radius 2 is 1.21 bits per heavy atom. The van der Waals surface area contributed by atoms with Crippen LogP contribution in [0.25, 0.3) is 0 Å². The molecule has 0 unspecified atom stereocenters. The van der Waals surface area contributed by atoms with Crippen LogP contribution in [0.1, 0.15) is 11.1 Å². The molecule has 3 amide bonds. The van der Waals surface area contributed by atoms with Gasteiger partial charge in [-0.2, -0.15) is 0 Å². The van der Waals surface area contributed by atoms with Crippen LogP contribution >= 0.6 is 0 Å². The van der Waals surface area contributed by atoms with Crippen LogP contribution in [-0.2, 0) is 10.3 Å². The number of hydrogen-bond donors (Lipinski definition) is 2. The number of imide groups is 1. The van der Waals surface area contributed by atoms with E-state index in [1.54, 1.807) is 0 Å². The van der Waals surface area contributed by atoms with Crippen molar-refractivity contribution >= 4 is 11.9 Å². The summed E-state index contributed by atoms with van der Waals surface area (Å²) in [6, 6.07) is 18.0. The van der Waals surface area contributed by atoms with E-state index in [0.29, 0.717) is 0 Å². The van der Waals surface area contributed by atoms with Crippen molar-refractivity contribution in [2.45, 2.75) is 5.54 Å². The lowest BCUT2D eigenvalue weighted by Crippen LogP contribution is -2.44. The van der Waals surface area contributed by atoms with Crippen LogP contribution in [0.4, 0.5) is 4.79 Å². The lowest BCUT2D eigenvalue weighted by molar-refractivity contribution is -0.122. The summed E-state index contributed by atoms with van der Waals surface area (Å²) in [5.41, 5.74) is 0.341. The number of nitrogens with one attached hydrogen (secondary N) is 2. The van der Waals surface area contributed by atoms with Gasteiger partial charge in [-0.05, 0) is 11.1 Å². The molecule has 0 bridgehead atoms. The average molecular weight is 255 g/mol. The molecule has 3 rings (SSSR count). The van der Waals surface area contributed by atoms with Crippen molar-refractivity contribution in [1.82, 2.24) is 10.6 Å². The number of hydrogen-bond acceptors (Lipinski definition) is 2. The Morgan fingerprint density at radius 3 is 1.58 bits per heavy atom.